The molecule has 2 N–H and O–H groups in total. The molecular weight excluding hydrogens is 575 g/mol. The molecule has 1 fully saturated rings. The van der Waals surface area contributed by atoms with Crippen LogP contribution in [0.1, 0.15) is 129 Å². The highest BCUT2D eigenvalue weighted by Crippen LogP contribution is 2.39. The molecule has 9 nitrogen and oxygen atoms in total. The zero-order chi connectivity index (χ0) is 32.3. The molecule has 0 amide bonds. The van der Waals surface area contributed by atoms with Crippen molar-refractivity contribution in [2.75, 3.05) is 25.7 Å². The first-order valence-electron chi connectivity index (χ1n) is 17.3. The molecule has 2 aliphatic rings. The van der Waals surface area contributed by atoms with E-state index in [1.807, 2.05) is 13.1 Å². The summed E-state index contributed by atoms with van der Waals surface area (Å²) < 4.78 is 35.8. The molecule has 3 heterocycles. The highest BCUT2D eigenvalue weighted by Gasteiger charge is 2.46. The van der Waals surface area contributed by atoms with Crippen LogP contribution in [0.2, 0.25) is 0 Å². The SMILES string of the molecule is C#C[C@]1(COCOC(=O)OCCCCCCCCCCCCCCCC)O[C@@H](CC2C=Nc3c(N)nc(F)nc3CC2)C[C@@H]1C. The fourth-order valence-electron chi connectivity index (χ4n) is 6.26. The number of aromatic nitrogens is 2. The number of carbonyl (C=O) groups is 1. The number of carbonyl (C=O) groups excluding carboxylic acids is 1. The lowest BCUT2D eigenvalue weighted by atomic mass is 9.88. The van der Waals surface area contributed by atoms with Crippen molar-refractivity contribution in [2.45, 2.75) is 141 Å². The summed E-state index contributed by atoms with van der Waals surface area (Å²) in [5, 5.41) is 0. The molecule has 0 radical (unpaired) electrons. The van der Waals surface area contributed by atoms with E-state index in [-0.39, 0.29) is 37.2 Å². The zero-order valence-corrected chi connectivity index (χ0v) is 27.6. The van der Waals surface area contributed by atoms with Gasteiger partial charge in [-0.2, -0.15) is 9.37 Å². The number of nitrogens with two attached hydrogens (primary N) is 1. The highest BCUT2D eigenvalue weighted by atomic mass is 19.1. The number of ether oxygens (including phenoxy) is 4. The molecule has 252 valence electrons. The second-order valence-corrected chi connectivity index (χ2v) is 12.7. The number of hydrogen-bond donors (Lipinski definition) is 1. The van der Waals surface area contributed by atoms with Gasteiger partial charge in [0.1, 0.15) is 5.69 Å². The second-order valence-electron chi connectivity index (χ2n) is 12.7. The summed E-state index contributed by atoms with van der Waals surface area (Å²) >= 11 is 0. The summed E-state index contributed by atoms with van der Waals surface area (Å²) in [7, 11) is 0. The predicted molar refractivity (Wildman–Crippen MR) is 175 cm³/mol. The van der Waals surface area contributed by atoms with E-state index < -0.39 is 17.8 Å². The lowest BCUT2D eigenvalue weighted by Crippen LogP contribution is -2.39. The number of nitrogen functional groups attached to an aromatic ring is 1. The Kier molecular flexibility index (Phi) is 16.6. The van der Waals surface area contributed by atoms with E-state index in [0.717, 1.165) is 32.1 Å². The molecule has 0 aliphatic carbocycles. The molecule has 0 saturated carbocycles. The maximum atomic E-state index is 13.6. The van der Waals surface area contributed by atoms with Crippen LogP contribution in [-0.2, 0) is 25.4 Å². The number of aliphatic imine (C=N–C) groups is 1. The Morgan fingerprint density at radius 1 is 1.04 bits per heavy atom. The number of nitrogens with zero attached hydrogens (tertiary/aromatic N) is 3. The molecule has 2 aliphatic heterocycles. The lowest BCUT2D eigenvalue weighted by molar-refractivity contribution is -0.111. The van der Waals surface area contributed by atoms with Gasteiger partial charge in [0.2, 0.25) is 0 Å². The molecule has 4 atom stereocenters. The fraction of sp³-hybridized carbons (Fsp3) is 0.771. The van der Waals surface area contributed by atoms with Crippen molar-refractivity contribution in [3.05, 3.63) is 11.8 Å². The minimum atomic E-state index is -0.921. The maximum Gasteiger partial charge on any atom is 0.510 e. The van der Waals surface area contributed by atoms with Crippen LogP contribution in [0.25, 0.3) is 0 Å². The van der Waals surface area contributed by atoms with Crippen molar-refractivity contribution in [3.63, 3.8) is 0 Å². The molecule has 1 unspecified atom stereocenters. The van der Waals surface area contributed by atoms with E-state index in [0.29, 0.717) is 30.8 Å². The third-order valence-corrected chi connectivity index (χ3v) is 9.02. The van der Waals surface area contributed by atoms with Gasteiger partial charge in [-0.3, -0.25) is 4.99 Å². The molecule has 3 rings (SSSR count). The summed E-state index contributed by atoms with van der Waals surface area (Å²) in [6, 6.07) is 0. The number of halogens is 1. The van der Waals surface area contributed by atoms with Crippen molar-refractivity contribution in [1.29, 1.82) is 0 Å². The first-order chi connectivity index (χ1) is 21.9. The van der Waals surface area contributed by atoms with Gasteiger partial charge >= 0.3 is 12.2 Å². The summed E-state index contributed by atoms with van der Waals surface area (Å²) in [5.41, 5.74) is 5.87. The smallest absolute Gasteiger partial charge is 0.434 e. The lowest BCUT2D eigenvalue weighted by Gasteiger charge is -2.27. The van der Waals surface area contributed by atoms with Crippen LogP contribution in [0, 0.1) is 30.3 Å². The number of anilines is 1. The number of terminal acetylenes is 1. The van der Waals surface area contributed by atoms with E-state index in [9.17, 15) is 9.18 Å². The molecule has 10 heteroatoms. The summed E-state index contributed by atoms with van der Waals surface area (Å²) in [4.78, 5) is 23.8. The van der Waals surface area contributed by atoms with Gasteiger partial charge in [0.15, 0.2) is 18.2 Å². The third-order valence-electron chi connectivity index (χ3n) is 9.02. The van der Waals surface area contributed by atoms with Gasteiger partial charge in [0.05, 0.1) is 25.0 Å². The standard InChI is InChI=1S/C35H55FN4O5/c1-4-6-7-8-9-10-11-12-13-14-15-16-17-18-21-43-34(41)44-26-42-25-35(5-2)27(3)22-29(45-35)23-28-19-20-30-31(38-24-28)32(37)40-33(36)39-30/h2,24,27-29H,4,6-23,25-26H2,1,3H3,(H2,37,39,40)/t27-,28?,29+,35+/m0/s1. The third kappa shape index (κ3) is 12.9. The second kappa shape index (κ2) is 20.4. The monoisotopic (exact) mass is 630 g/mol. The topological polar surface area (TPSA) is 118 Å². The first kappa shape index (κ1) is 36.7. The van der Waals surface area contributed by atoms with Gasteiger partial charge in [-0.1, -0.05) is 103 Å². The van der Waals surface area contributed by atoms with Crippen LogP contribution < -0.4 is 5.73 Å². The molecule has 0 bridgehead atoms. The largest absolute Gasteiger partial charge is 0.510 e. The van der Waals surface area contributed by atoms with Gasteiger partial charge in [0.25, 0.3) is 0 Å². The number of aryl methyl sites for hydroxylation is 1. The van der Waals surface area contributed by atoms with Crippen molar-refractivity contribution < 1.29 is 28.1 Å². The molecule has 1 saturated heterocycles. The minimum Gasteiger partial charge on any atom is -0.434 e. The van der Waals surface area contributed by atoms with Crippen LogP contribution in [-0.4, -0.2) is 54.0 Å². The Morgan fingerprint density at radius 3 is 2.33 bits per heavy atom. The molecule has 1 aromatic heterocycles. The van der Waals surface area contributed by atoms with Crippen LogP contribution in [0.5, 0.6) is 0 Å². The van der Waals surface area contributed by atoms with Crippen LogP contribution in [0.3, 0.4) is 0 Å². The van der Waals surface area contributed by atoms with Gasteiger partial charge < -0.3 is 24.7 Å². The number of hydrogen-bond acceptors (Lipinski definition) is 9. The van der Waals surface area contributed by atoms with Crippen LogP contribution >= 0.6 is 0 Å². The van der Waals surface area contributed by atoms with E-state index in [2.05, 4.69) is 27.8 Å². The normalized spacial score (nSPS) is 22.5. The van der Waals surface area contributed by atoms with E-state index >= 15 is 0 Å². The number of rotatable bonds is 21. The van der Waals surface area contributed by atoms with Gasteiger partial charge in [-0.05, 0) is 38.0 Å². The molecule has 45 heavy (non-hydrogen) atoms. The maximum absolute atomic E-state index is 13.6. The molecule has 0 aromatic carbocycles. The summed E-state index contributed by atoms with van der Waals surface area (Å²) in [5.74, 6) is 2.95. The van der Waals surface area contributed by atoms with Gasteiger partial charge in [0, 0.05) is 12.1 Å². The average Bonchev–Trinajstić information content (AvgIpc) is 3.18. The Labute approximate surface area is 269 Å². The van der Waals surface area contributed by atoms with E-state index in [1.54, 1.807) is 0 Å². The van der Waals surface area contributed by atoms with Gasteiger partial charge in [-0.25, -0.2) is 9.78 Å². The predicted octanol–water partition coefficient (Wildman–Crippen LogP) is 8.26. The Hall–Kier alpha value is -2.77. The van der Waals surface area contributed by atoms with E-state index in [4.69, 9.17) is 31.1 Å². The van der Waals surface area contributed by atoms with Gasteiger partial charge in [-0.15, -0.1) is 6.42 Å². The Bertz CT molecular complexity index is 1100. The van der Waals surface area contributed by atoms with E-state index in [1.165, 1.54) is 70.6 Å². The van der Waals surface area contributed by atoms with Crippen molar-refractivity contribution >= 4 is 23.9 Å². The van der Waals surface area contributed by atoms with Crippen molar-refractivity contribution in [1.82, 2.24) is 9.97 Å². The molecule has 1 aromatic rings. The zero-order valence-electron chi connectivity index (χ0n) is 27.6. The molecule has 0 spiro atoms. The summed E-state index contributed by atoms with van der Waals surface area (Å²) in [6.07, 6.45) is 26.6. The highest BCUT2D eigenvalue weighted by molar-refractivity contribution is 5.73. The molecular formula is C35H55FN4O5. The quantitative estimate of drug-likeness (QED) is 0.0474. The number of fused-ring (bicyclic) bond motifs is 1. The van der Waals surface area contributed by atoms with Crippen LogP contribution in [0.15, 0.2) is 4.99 Å². The van der Waals surface area contributed by atoms with Crippen molar-refractivity contribution in [3.8, 4) is 12.3 Å². The first-order valence-corrected chi connectivity index (χ1v) is 17.3. The van der Waals surface area contributed by atoms with Crippen LogP contribution in [0.4, 0.5) is 20.7 Å². The fourth-order valence-corrected chi connectivity index (χ4v) is 6.26. The average molecular weight is 631 g/mol. The Balaban J connectivity index is 1.21. The summed E-state index contributed by atoms with van der Waals surface area (Å²) in [6.45, 7) is 4.48. The Morgan fingerprint density at radius 2 is 1.69 bits per heavy atom. The number of unbranched alkanes of at least 4 members (excludes halogenated alkanes) is 13. The van der Waals surface area contributed by atoms with Crippen molar-refractivity contribution in [2.24, 2.45) is 16.8 Å². The minimum absolute atomic E-state index is 0.0373.